The molecule has 0 N–H and O–H groups in total. The Balaban J connectivity index is 0.000000861. The highest BCUT2D eigenvalue weighted by molar-refractivity contribution is 5.19. The lowest BCUT2D eigenvalue weighted by atomic mass is 10.1. The SMILES string of the molecule is CC.CC(C)c1ccc([C@H](C)N2CCOCC2)cn1. The van der Waals surface area contributed by atoms with Crippen LogP contribution in [0.1, 0.15) is 57.8 Å². The zero-order valence-electron chi connectivity index (χ0n) is 13.0. The molecular weight excluding hydrogens is 236 g/mol. The van der Waals surface area contributed by atoms with Gasteiger partial charge in [0.2, 0.25) is 0 Å². The summed E-state index contributed by atoms with van der Waals surface area (Å²) in [5, 5.41) is 0. The van der Waals surface area contributed by atoms with E-state index in [9.17, 15) is 0 Å². The van der Waals surface area contributed by atoms with Gasteiger partial charge < -0.3 is 4.74 Å². The molecule has 2 heterocycles. The van der Waals surface area contributed by atoms with Crippen LogP contribution in [0.2, 0.25) is 0 Å². The summed E-state index contributed by atoms with van der Waals surface area (Å²) in [6, 6.07) is 4.80. The van der Waals surface area contributed by atoms with Crippen molar-refractivity contribution in [1.29, 1.82) is 0 Å². The first-order valence-corrected chi connectivity index (χ1v) is 7.46. The summed E-state index contributed by atoms with van der Waals surface area (Å²) in [6.07, 6.45) is 2.02. The lowest BCUT2D eigenvalue weighted by molar-refractivity contribution is 0.0198. The summed E-state index contributed by atoms with van der Waals surface area (Å²) < 4.78 is 5.38. The molecule has 3 nitrogen and oxygen atoms in total. The van der Waals surface area contributed by atoms with Crippen LogP contribution in [-0.2, 0) is 4.74 Å². The van der Waals surface area contributed by atoms with Gasteiger partial charge >= 0.3 is 0 Å². The molecule has 1 fully saturated rings. The van der Waals surface area contributed by atoms with E-state index in [0.717, 1.165) is 26.3 Å². The maximum atomic E-state index is 5.38. The van der Waals surface area contributed by atoms with Gasteiger partial charge in [0.15, 0.2) is 0 Å². The molecule has 3 heteroatoms. The van der Waals surface area contributed by atoms with Crippen LogP contribution in [-0.4, -0.2) is 36.2 Å². The Morgan fingerprint density at radius 1 is 1.11 bits per heavy atom. The Labute approximate surface area is 118 Å². The lowest BCUT2D eigenvalue weighted by Crippen LogP contribution is -2.38. The van der Waals surface area contributed by atoms with Crippen molar-refractivity contribution in [2.24, 2.45) is 0 Å². The number of nitrogens with zero attached hydrogens (tertiary/aromatic N) is 2. The second kappa shape index (κ2) is 8.28. The molecule has 108 valence electrons. The molecule has 1 aliphatic rings. The van der Waals surface area contributed by atoms with Gasteiger partial charge in [-0.25, -0.2) is 0 Å². The average Bonchev–Trinajstić information content (AvgIpc) is 2.49. The third-order valence-electron chi connectivity index (χ3n) is 3.48. The molecule has 0 saturated carbocycles. The maximum Gasteiger partial charge on any atom is 0.0594 e. The summed E-state index contributed by atoms with van der Waals surface area (Å²) >= 11 is 0. The third kappa shape index (κ3) is 4.59. The molecule has 1 aromatic heterocycles. The first kappa shape index (κ1) is 16.1. The van der Waals surface area contributed by atoms with Crippen molar-refractivity contribution in [3.63, 3.8) is 0 Å². The van der Waals surface area contributed by atoms with E-state index in [2.05, 4.69) is 42.8 Å². The normalized spacial score (nSPS) is 17.8. The van der Waals surface area contributed by atoms with Crippen LogP contribution in [0.5, 0.6) is 0 Å². The highest BCUT2D eigenvalue weighted by atomic mass is 16.5. The highest BCUT2D eigenvalue weighted by Crippen LogP contribution is 2.21. The molecule has 0 bridgehead atoms. The summed E-state index contributed by atoms with van der Waals surface area (Å²) in [7, 11) is 0. The molecule has 2 rings (SSSR count). The van der Waals surface area contributed by atoms with Gasteiger partial charge in [0.25, 0.3) is 0 Å². The van der Waals surface area contributed by atoms with E-state index in [1.165, 1.54) is 11.3 Å². The lowest BCUT2D eigenvalue weighted by Gasteiger charge is -2.32. The largest absolute Gasteiger partial charge is 0.379 e. The van der Waals surface area contributed by atoms with Gasteiger partial charge in [-0.1, -0.05) is 33.8 Å². The molecule has 1 atom stereocenters. The highest BCUT2D eigenvalue weighted by Gasteiger charge is 2.18. The Bertz CT molecular complexity index is 342. The number of pyridine rings is 1. The van der Waals surface area contributed by atoms with E-state index in [1.54, 1.807) is 0 Å². The molecule has 1 saturated heterocycles. The van der Waals surface area contributed by atoms with Crippen molar-refractivity contribution < 1.29 is 4.74 Å². The van der Waals surface area contributed by atoms with Gasteiger partial charge in [0.05, 0.1) is 13.2 Å². The Morgan fingerprint density at radius 2 is 1.74 bits per heavy atom. The fourth-order valence-corrected chi connectivity index (χ4v) is 2.18. The third-order valence-corrected chi connectivity index (χ3v) is 3.48. The minimum Gasteiger partial charge on any atom is -0.379 e. The Kier molecular flexibility index (Phi) is 7.03. The molecule has 0 aromatic carbocycles. The van der Waals surface area contributed by atoms with Crippen molar-refractivity contribution in [1.82, 2.24) is 9.88 Å². The first-order valence-electron chi connectivity index (χ1n) is 7.46. The van der Waals surface area contributed by atoms with Crippen molar-refractivity contribution >= 4 is 0 Å². The van der Waals surface area contributed by atoms with Crippen molar-refractivity contribution in [3.05, 3.63) is 29.6 Å². The van der Waals surface area contributed by atoms with E-state index in [4.69, 9.17) is 4.74 Å². The Hall–Kier alpha value is -0.930. The molecule has 0 spiro atoms. The molecule has 0 amide bonds. The van der Waals surface area contributed by atoms with Crippen LogP contribution < -0.4 is 0 Å². The number of hydrogen-bond acceptors (Lipinski definition) is 3. The van der Waals surface area contributed by atoms with Crippen LogP contribution in [0, 0.1) is 0 Å². The number of ether oxygens (including phenoxy) is 1. The summed E-state index contributed by atoms with van der Waals surface area (Å²) in [5.41, 5.74) is 2.47. The molecule has 0 unspecified atom stereocenters. The van der Waals surface area contributed by atoms with Gasteiger partial charge in [-0.15, -0.1) is 0 Å². The van der Waals surface area contributed by atoms with Crippen molar-refractivity contribution in [2.75, 3.05) is 26.3 Å². The zero-order valence-corrected chi connectivity index (χ0v) is 13.0. The summed E-state index contributed by atoms with van der Waals surface area (Å²) in [5.74, 6) is 0.503. The van der Waals surface area contributed by atoms with E-state index < -0.39 is 0 Å². The average molecular weight is 264 g/mol. The smallest absolute Gasteiger partial charge is 0.0594 e. The van der Waals surface area contributed by atoms with Gasteiger partial charge in [-0.05, 0) is 24.5 Å². The van der Waals surface area contributed by atoms with Crippen LogP contribution in [0.4, 0.5) is 0 Å². The summed E-state index contributed by atoms with van der Waals surface area (Å²) in [6.45, 7) is 14.3. The fourth-order valence-electron chi connectivity index (χ4n) is 2.18. The fraction of sp³-hybridized carbons (Fsp3) is 0.688. The van der Waals surface area contributed by atoms with E-state index >= 15 is 0 Å². The molecule has 19 heavy (non-hydrogen) atoms. The second-order valence-electron chi connectivity index (χ2n) is 5.00. The van der Waals surface area contributed by atoms with Gasteiger partial charge in [-0.2, -0.15) is 0 Å². The first-order chi connectivity index (χ1) is 9.18. The molecular formula is C16H28N2O. The monoisotopic (exact) mass is 264 g/mol. The minimum atomic E-state index is 0.438. The predicted octanol–water partition coefficient (Wildman–Crippen LogP) is 3.62. The number of rotatable bonds is 3. The maximum absolute atomic E-state index is 5.38. The van der Waals surface area contributed by atoms with Gasteiger partial charge in [0, 0.05) is 31.0 Å². The number of aromatic nitrogens is 1. The van der Waals surface area contributed by atoms with Crippen LogP contribution in [0.25, 0.3) is 0 Å². The zero-order chi connectivity index (χ0) is 14.3. The molecule has 0 radical (unpaired) electrons. The van der Waals surface area contributed by atoms with Crippen LogP contribution >= 0.6 is 0 Å². The standard InChI is InChI=1S/C14H22N2O.C2H6/c1-11(2)14-5-4-13(10-15-14)12(3)16-6-8-17-9-7-16;1-2/h4-5,10-12H,6-9H2,1-3H3;1-2H3/t12-;/m0./s1. The van der Waals surface area contributed by atoms with Crippen LogP contribution in [0.3, 0.4) is 0 Å². The quantitative estimate of drug-likeness (QED) is 0.833. The van der Waals surface area contributed by atoms with Gasteiger partial charge in [-0.3, -0.25) is 9.88 Å². The van der Waals surface area contributed by atoms with E-state index in [0.29, 0.717) is 12.0 Å². The van der Waals surface area contributed by atoms with E-state index in [-0.39, 0.29) is 0 Å². The number of morpholine rings is 1. The predicted molar refractivity (Wildman–Crippen MR) is 80.5 cm³/mol. The second-order valence-corrected chi connectivity index (χ2v) is 5.00. The molecule has 1 aliphatic heterocycles. The van der Waals surface area contributed by atoms with Crippen molar-refractivity contribution in [3.8, 4) is 0 Å². The van der Waals surface area contributed by atoms with Crippen molar-refractivity contribution in [2.45, 2.75) is 46.6 Å². The minimum absolute atomic E-state index is 0.438. The molecule has 0 aliphatic carbocycles. The van der Waals surface area contributed by atoms with Crippen LogP contribution in [0.15, 0.2) is 18.3 Å². The Morgan fingerprint density at radius 3 is 2.21 bits per heavy atom. The van der Waals surface area contributed by atoms with Gasteiger partial charge in [0.1, 0.15) is 0 Å². The topological polar surface area (TPSA) is 25.4 Å². The molecule has 1 aromatic rings. The summed E-state index contributed by atoms with van der Waals surface area (Å²) in [4.78, 5) is 6.99. The number of hydrogen-bond donors (Lipinski definition) is 0. The van der Waals surface area contributed by atoms with E-state index in [1.807, 2.05) is 20.0 Å².